The molecule has 3 aromatic carbocycles. The van der Waals surface area contributed by atoms with Gasteiger partial charge in [0.25, 0.3) is 5.91 Å². The van der Waals surface area contributed by atoms with E-state index in [0.717, 1.165) is 24.2 Å². The predicted octanol–water partition coefficient (Wildman–Crippen LogP) is 4.64. The molecule has 0 aromatic heterocycles. The molecule has 0 radical (unpaired) electrons. The molecule has 0 saturated heterocycles. The molecule has 5 nitrogen and oxygen atoms in total. The highest BCUT2D eigenvalue weighted by Gasteiger charge is 2.32. The maximum absolute atomic E-state index is 13.1. The zero-order valence-electron chi connectivity index (χ0n) is 17.8. The van der Waals surface area contributed by atoms with Crippen LogP contribution in [0, 0.1) is 5.82 Å². The van der Waals surface area contributed by atoms with E-state index < -0.39 is 0 Å². The van der Waals surface area contributed by atoms with E-state index >= 15 is 0 Å². The summed E-state index contributed by atoms with van der Waals surface area (Å²) in [7, 11) is 1.62. The molecule has 0 spiro atoms. The van der Waals surface area contributed by atoms with Gasteiger partial charge in [-0.25, -0.2) is 4.39 Å². The van der Waals surface area contributed by atoms with Crippen LogP contribution in [0.4, 0.5) is 4.39 Å². The Hall–Kier alpha value is -3.67. The van der Waals surface area contributed by atoms with E-state index in [1.165, 1.54) is 24.3 Å². The summed E-state index contributed by atoms with van der Waals surface area (Å²) in [6.45, 7) is 0.458. The molecule has 32 heavy (non-hydrogen) atoms. The topological polar surface area (TPSA) is 55.8 Å². The molecular formula is C26H24FNO4. The molecule has 0 bridgehead atoms. The van der Waals surface area contributed by atoms with Gasteiger partial charge >= 0.3 is 0 Å². The Morgan fingerprint density at radius 2 is 1.44 bits per heavy atom. The fourth-order valence-electron chi connectivity index (χ4n) is 3.43. The summed E-state index contributed by atoms with van der Waals surface area (Å²) in [4.78, 5) is 27.1. The minimum absolute atomic E-state index is 0.0715. The molecule has 164 valence electrons. The first kappa shape index (κ1) is 21.6. The molecule has 6 heteroatoms. The minimum atomic E-state index is -0.387. The van der Waals surface area contributed by atoms with Gasteiger partial charge in [0, 0.05) is 23.7 Å². The van der Waals surface area contributed by atoms with Crippen LogP contribution in [0.2, 0.25) is 0 Å². The van der Waals surface area contributed by atoms with Crippen molar-refractivity contribution >= 4 is 11.7 Å². The summed E-state index contributed by atoms with van der Waals surface area (Å²) >= 11 is 0. The summed E-state index contributed by atoms with van der Waals surface area (Å²) in [6, 6.07) is 20.0. The van der Waals surface area contributed by atoms with Crippen molar-refractivity contribution in [3.8, 4) is 11.5 Å². The quantitative estimate of drug-likeness (QED) is 0.462. The van der Waals surface area contributed by atoms with Gasteiger partial charge < -0.3 is 14.4 Å². The van der Waals surface area contributed by atoms with Crippen LogP contribution in [0.25, 0.3) is 0 Å². The van der Waals surface area contributed by atoms with Crippen LogP contribution in [-0.4, -0.2) is 36.3 Å². The van der Waals surface area contributed by atoms with Crippen molar-refractivity contribution in [3.05, 3.63) is 95.3 Å². The van der Waals surface area contributed by atoms with Crippen LogP contribution in [0.3, 0.4) is 0 Å². The largest absolute Gasteiger partial charge is 0.497 e. The Labute approximate surface area is 186 Å². The molecule has 0 atom stereocenters. The third-order valence-corrected chi connectivity index (χ3v) is 5.41. The number of hydrogen-bond donors (Lipinski definition) is 0. The predicted molar refractivity (Wildman–Crippen MR) is 118 cm³/mol. The van der Waals surface area contributed by atoms with E-state index in [1.807, 2.05) is 29.2 Å². The first-order chi connectivity index (χ1) is 15.5. The Morgan fingerprint density at radius 1 is 0.875 bits per heavy atom. The van der Waals surface area contributed by atoms with Gasteiger partial charge in [0.15, 0.2) is 12.4 Å². The molecule has 0 unspecified atom stereocenters. The first-order valence-electron chi connectivity index (χ1n) is 10.5. The number of nitrogens with zero attached hydrogens (tertiary/aromatic N) is 1. The maximum Gasteiger partial charge on any atom is 0.261 e. The van der Waals surface area contributed by atoms with Crippen LogP contribution >= 0.6 is 0 Å². The fraction of sp³-hybridized carbons (Fsp3) is 0.231. The Morgan fingerprint density at radius 3 is 2.00 bits per heavy atom. The number of amides is 1. The monoisotopic (exact) mass is 433 g/mol. The van der Waals surface area contributed by atoms with Crippen molar-refractivity contribution in [2.75, 3.05) is 13.7 Å². The van der Waals surface area contributed by atoms with Crippen molar-refractivity contribution in [1.82, 2.24) is 4.90 Å². The van der Waals surface area contributed by atoms with Crippen molar-refractivity contribution in [3.63, 3.8) is 0 Å². The van der Waals surface area contributed by atoms with Gasteiger partial charge in [0.1, 0.15) is 17.3 Å². The minimum Gasteiger partial charge on any atom is -0.497 e. The fourth-order valence-corrected chi connectivity index (χ4v) is 3.43. The van der Waals surface area contributed by atoms with Crippen LogP contribution in [0.1, 0.15) is 34.3 Å². The maximum atomic E-state index is 13.1. The number of benzene rings is 3. The van der Waals surface area contributed by atoms with Gasteiger partial charge in [0.2, 0.25) is 0 Å². The van der Waals surface area contributed by atoms with Crippen LogP contribution in [0.15, 0.2) is 72.8 Å². The smallest absolute Gasteiger partial charge is 0.261 e. The second kappa shape index (κ2) is 9.64. The lowest BCUT2D eigenvalue weighted by Gasteiger charge is -2.23. The van der Waals surface area contributed by atoms with Gasteiger partial charge in [-0.2, -0.15) is 0 Å². The molecule has 1 aliphatic carbocycles. The number of halogens is 1. The van der Waals surface area contributed by atoms with E-state index in [2.05, 4.69) is 0 Å². The van der Waals surface area contributed by atoms with Gasteiger partial charge in [-0.05, 0) is 79.1 Å². The molecule has 0 heterocycles. The van der Waals surface area contributed by atoms with E-state index in [0.29, 0.717) is 23.4 Å². The van der Waals surface area contributed by atoms with Gasteiger partial charge in [-0.1, -0.05) is 12.1 Å². The van der Waals surface area contributed by atoms with Crippen molar-refractivity contribution < 1.29 is 23.5 Å². The zero-order valence-corrected chi connectivity index (χ0v) is 17.8. The zero-order chi connectivity index (χ0) is 22.5. The lowest BCUT2D eigenvalue weighted by molar-refractivity contribution is -0.134. The lowest BCUT2D eigenvalue weighted by Crippen LogP contribution is -2.36. The molecule has 1 aliphatic rings. The number of carbonyl (C=O) groups excluding carboxylic acids is 2. The van der Waals surface area contributed by atoms with Gasteiger partial charge in [-0.3, -0.25) is 9.59 Å². The number of methoxy groups -OCH3 is 1. The summed E-state index contributed by atoms with van der Waals surface area (Å²) in [5.41, 5.74) is 1.91. The standard InChI is InChI=1S/C26H24FNO4/c1-31-23-12-2-18(3-13-23)16-28(22-10-11-22)25(29)17-32-24-14-6-20(7-15-24)26(30)19-4-8-21(27)9-5-19/h2-9,12-15,22H,10-11,16-17H2,1H3. The number of ether oxygens (including phenoxy) is 2. The normalized spacial score (nSPS) is 12.8. The highest BCUT2D eigenvalue weighted by atomic mass is 19.1. The Balaban J connectivity index is 1.34. The average molecular weight is 433 g/mol. The molecule has 1 fully saturated rings. The second-order valence-corrected chi connectivity index (χ2v) is 7.75. The van der Waals surface area contributed by atoms with Crippen molar-refractivity contribution in [1.29, 1.82) is 0 Å². The number of hydrogen-bond acceptors (Lipinski definition) is 4. The highest BCUT2D eigenvalue weighted by molar-refractivity contribution is 6.09. The van der Waals surface area contributed by atoms with Crippen molar-refractivity contribution in [2.24, 2.45) is 0 Å². The highest BCUT2D eigenvalue weighted by Crippen LogP contribution is 2.29. The van der Waals surface area contributed by atoms with E-state index in [-0.39, 0.29) is 30.2 Å². The van der Waals surface area contributed by atoms with E-state index in [4.69, 9.17) is 9.47 Å². The van der Waals surface area contributed by atoms with Crippen LogP contribution in [-0.2, 0) is 11.3 Å². The molecular weight excluding hydrogens is 409 g/mol. The molecule has 0 N–H and O–H groups in total. The third-order valence-electron chi connectivity index (χ3n) is 5.41. The summed E-state index contributed by atoms with van der Waals surface area (Å²) < 4.78 is 23.9. The van der Waals surface area contributed by atoms with E-state index in [1.54, 1.807) is 31.4 Å². The van der Waals surface area contributed by atoms with Gasteiger partial charge in [0.05, 0.1) is 7.11 Å². The molecule has 0 aliphatic heterocycles. The molecule has 4 rings (SSSR count). The lowest BCUT2D eigenvalue weighted by atomic mass is 10.0. The van der Waals surface area contributed by atoms with Gasteiger partial charge in [-0.15, -0.1) is 0 Å². The van der Waals surface area contributed by atoms with Crippen molar-refractivity contribution in [2.45, 2.75) is 25.4 Å². The number of rotatable bonds is 9. The average Bonchev–Trinajstić information content (AvgIpc) is 3.67. The Bertz CT molecular complexity index is 1070. The SMILES string of the molecule is COc1ccc(CN(C(=O)COc2ccc(C(=O)c3ccc(F)cc3)cc2)C2CC2)cc1. The van der Waals surface area contributed by atoms with Crippen LogP contribution in [0.5, 0.6) is 11.5 Å². The summed E-state index contributed by atoms with van der Waals surface area (Å²) in [6.07, 6.45) is 2.00. The first-order valence-corrected chi connectivity index (χ1v) is 10.5. The molecule has 1 amide bonds. The van der Waals surface area contributed by atoms with E-state index in [9.17, 15) is 14.0 Å². The summed E-state index contributed by atoms with van der Waals surface area (Å²) in [5.74, 6) is 0.626. The van der Waals surface area contributed by atoms with Crippen LogP contribution < -0.4 is 9.47 Å². The summed E-state index contributed by atoms with van der Waals surface area (Å²) in [5, 5.41) is 0. The molecule has 3 aromatic rings. The second-order valence-electron chi connectivity index (χ2n) is 7.75. The number of ketones is 1. The molecule has 1 saturated carbocycles. The number of carbonyl (C=O) groups is 2. The third kappa shape index (κ3) is 5.32. The Kier molecular flexibility index (Phi) is 6.50.